The molecule has 0 unspecified atom stereocenters. The number of fused-ring (bicyclic) bond motifs is 12. The van der Waals surface area contributed by atoms with Crippen LogP contribution in [0.25, 0.3) is 87.2 Å². The van der Waals surface area contributed by atoms with Crippen molar-refractivity contribution in [2.75, 3.05) is 0 Å². The predicted molar refractivity (Wildman–Crippen MR) is 242 cm³/mol. The topological polar surface area (TPSA) is 0 Å². The maximum Gasteiger partial charge on any atom is 0.0720 e. The molecular formula is C57H36. The van der Waals surface area contributed by atoms with Crippen LogP contribution in [0, 0.1) is 0 Å². The first-order valence-corrected chi connectivity index (χ1v) is 19.9. The zero-order valence-corrected chi connectivity index (χ0v) is 31.3. The average Bonchev–Trinajstić information content (AvgIpc) is 3.61. The molecule has 0 saturated heterocycles. The Hall–Kier alpha value is -7.28. The van der Waals surface area contributed by atoms with E-state index in [1.807, 2.05) is 0 Å². The Morgan fingerprint density at radius 3 is 1.11 bits per heavy atom. The summed E-state index contributed by atoms with van der Waals surface area (Å²) in [7, 11) is 0. The van der Waals surface area contributed by atoms with Gasteiger partial charge in [0.05, 0.1) is 5.41 Å². The van der Waals surface area contributed by atoms with Crippen LogP contribution in [0.1, 0.15) is 22.3 Å². The molecule has 0 heteroatoms. The molecule has 0 bridgehead atoms. The van der Waals surface area contributed by atoms with Crippen LogP contribution in [0.15, 0.2) is 218 Å². The van der Waals surface area contributed by atoms with Crippen LogP contribution in [0.4, 0.5) is 0 Å². The van der Waals surface area contributed by atoms with Gasteiger partial charge in [0, 0.05) is 0 Å². The number of rotatable bonds is 4. The van der Waals surface area contributed by atoms with Gasteiger partial charge >= 0.3 is 0 Å². The van der Waals surface area contributed by atoms with E-state index in [4.69, 9.17) is 0 Å². The first-order chi connectivity index (χ1) is 28.3. The maximum absolute atomic E-state index is 2.59. The van der Waals surface area contributed by atoms with Gasteiger partial charge in [-0.15, -0.1) is 0 Å². The normalized spacial score (nSPS) is 13.1. The van der Waals surface area contributed by atoms with Crippen molar-refractivity contribution in [2.24, 2.45) is 0 Å². The highest BCUT2D eigenvalue weighted by Gasteiger charge is 2.49. The summed E-state index contributed by atoms with van der Waals surface area (Å²) >= 11 is 0. The van der Waals surface area contributed by atoms with Crippen LogP contribution in [0.3, 0.4) is 0 Å². The lowest BCUT2D eigenvalue weighted by atomic mass is 9.66. The summed E-state index contributed by atoms with van der Waals surface area (Å²) in [5.74, 6) is 0. The van der Waals surface area contributed by atoms with Gasteiger partial charge in [-0.25, -0.2) is 0 Å². The highest BCUT2D eigenvalue weighted by molar-refractivity contribution is 6.27. The molecule has 57 heavy (non-hydrogen) atoms. The monoisotopic (exact) mass is 720 g/mol. The van der Waals surface area contributed by atoms with Gasteiger partial charge in [0.15, 0.2) is 0 Å². The van der Waals surface area contributed by atoms with E-state index < -0.39 is 5.41 Å². The minimum atomic E-state index is -0.606. The molecule has 0 heterocycles. The van der Waals surface area contributed by atoms with E-state index in [1.54, 1.807) is 0 Å². The number of hydrogen-bond donors (Lipinski definition) is 0. The molecule has 0 saturated carbocycles. The lowest BCUT2D eigenvalue weighted by Crippen LogP contribution is -2.29. The lowest BCUT2D eigenvalue weighted by molar-refractivity contribution is 0.777. The van der Waals surface area contributed by atoms with Crippen molar-refractivity contribution in [1.82, 2.24) is 0 Å². The van der Waals surface area contributed by atoms with Crippen molar-refractivity contribution in [2.45, 2.75) is 5.41 Å². The predicted octanol–water partition coefficient (Wildman–Crippen LogP) is 15.1. The van der Waals surface area contributed by atoms with E-state index in [9.17, 15) is 0 Å². The second kappa shape index (κ2) is 12.4. The molecule has 11 aromatic carbocycles. The molecule has 264 valence electrons. The van der Waals surface area contributed by atoms with Crippen molar-refractivity contribution in [1.29, 1.82) is 0 Å². The van der Waals surface area contributed by atoms with Gasteiger partial charge in [0.25, 0.3) is 0 Å². The first-order valence-electron chi connectivity index (χ1n) is 19.9. The van der Waals surface area contributed by atoms with Crippen molar-refractivity contribution in [3.05, 3.63) is 241 Å². The van der Waals surface area contributed by atoms with E-state index in [1.165, 1.54) is 109 Å². The Bertz CT molecular complexity index is 3280. The molecule has 0 amide bonds. The summed E-state index contributed by atoms with van der Waals surface area (Å²) in [6.45, 7) is 0. The van der Waals surface area contributed by atoms with Crippen molar-refractivity contribution in [3.63, 3.8) is 0 Å². The second-order valence-corrected chi connectivity index (χ2v) is 15.4. The fourth-order valence-electron chi connectivity index (χ4n) is 10.5. The molecule has 0 radical (unpaired) electrons. The minimum Gasteiger partial charge on any atom is -0.0622 e. The maximum atomic E-state index is 2.59. The minimum absolute atomic E-state index is 0.606. The van der Waals surface area contributed by atoms with Gasteiger partial charge in [-0.05, 0) is 116 Å². The Morgan fingerprint density at radius 1 is 0.246 bits per heavy atom. The molecule has 0 spiro atoms. The molecule has 0 aliphatic heterocycles. The number of hydrogen-bond acceptors (Lipinski definition) is 0. The van der Waals surface area contributed by atoms with Gasteiger partial charge in [0.2, 0.25) is 0 Å². The van der Waals surface area contributed by atoms with Gasteiger partial charge in [0.1, 0.15) is 0 Å². The van der Waals surface area contributed by atoms with Crippen molar-refractivity contribution >= 4 is 53.9 Å². The van der Waals surface area contributed by atoms with E-state index in [0.29, 0.717) is 0 Å². The van der Waals surface area contributed by atoms with Crippen molar-refractivity contribution in [3.8, 4) is 33.4 Å². The highest BCUT2D eigenvalue weighted by Crippen LogP contribution is 2.63. The molecule has 0 nitrogen and oxygen atoms in total. The van der Waals surface area contributed by atoms with Crippen LogP contribution in [-0.2, 0) is 5.41 Å². The van der Waals surface area contributed by atoms with E-state index in [2.05, 4.69) is 218 Å². The quantitative estimate of drug-likeness (QED) is 0.125. The second-order valence-electron chi connectivity index (χ2n) is 15.4. The Balaban J connectivity index is 1.34. The summed E-state index contributed by atoms with van der Waals surface area (Å²) in [5, 5.41) is 12.8. The Labute approximate surface area is 331 Å². The molecule has 11 aromatic rings. The smallest absolute Gasteiger partial charge is 0.0622 e. The van der Waals surface area contributed by atoms with Gasteiger partial charge in [-0.3, -0.25) is 0 Å². The lowest BCUT2D eigenvalue weighted by Gasteiger charge is -2.35. The van der Waals surface area contributed by atoms with Gasteiger partial charge in [-0.1, -0.05) is 212 Å². The zero-order valence-electron chi connectivity index (χ0n) is 31.3. The standard InChI is InChI=1S/C57H36/c1-4-20-37(21-5-1)52-45-31-15-17-33-47(45)53(48-34-18-16-32-46(48)52)50-36-51-54(43-29-13-11-28-42(43)50)55-44-30-14-10-26-40(44)41-27-12-19-35-49(41)56(55)57(51,38-22-6-2-7-23-38)39-24-8-3-9-25-39/h1-36H. The molecule has 0 N–H and O–H groups in total. The van der Waals surface area contributed by atoms with Crippen LogP contribution >= 0.6 is 0 Å². The fourth-order valence-corrected chi connectivity index (χ4v) is 10.5. The van der Waals surface area contributed by atoms with Crippen LogP contribution in [-0.4, -0.2) is 0 Å². The zero-order chi connectivity index (χ0) is 37.5. The first kappa shape index (κ1) is 32.0. The third-order valence-electron chi connectivity index (χ3n) is 12.7. The molecule has 0 atom stereocenters. The number of benzene rings is 11. The molecular weight excluding hydrogens is 685 g/mol. The average molecular weight is 721 g/mol. The van der Waals surface area contributed by atoms with Crippen LogP contribution in [0.2, 0.25) is 0 Å². The third kappa shape index (κ3) is 4.39. The largest absolute Gasteiger partial charge is 0.0720 e. The van der Waals surface area contributed by atoms with E-state index >= 15 is 0 Å². The Kier molecular flexibility index (Phi) is 6.94. The van der Waals surface area contributed by atoms with E-state index in [0.717, 1.165) is 0 Å². The Morgan fingerprint density at radius 2 is 0.596 bits per heavy atom. The fraction of sp³-hybridized carbons (Fsp3) is 0.0175. The van der Waals surface area contributed by atoms with Crippen LogP contribution < -0.4 is 0 Å². The summed E-state index contributed by atoms with van der Waals surface area (Å²) in [6, 6.07) is 81.5. The molecule has 12 rings (SSSR count). The SMILES string of the molecule is c1ccc(-c2c3ccccc3c(-c3cc4c(c5ccccc35)-c3c(c5ccccc5c5ccccc35)C4(c3ccccc3)c3ccccc3)c3ccccc23)cc1. The molecule has 0 fully saturated rings. The summed E-state index contributed by atoms with van der Waals surface area (Å²) in [5.41, 5.74) is 12.3. The molecule has 0 aromatic heterocycles. The van der Waals surface area contributed by atoms with Gasteiger partial charge in [-0.2, -0.15) is 0 Å². The van der Waals surface area contributed by atoms with Crippen molar-refractivity contribution < 1.29 is 0 Å². The molecule has 1 aliphatic carbocycles. The summed E-state index contributed by atoms with van der Waals surface area (Å²) < 4.78 is 0. The van der Waals surface area contributed by atoms with E-state index in [-0.39, 0.29) is 0 Å². The third-order valence-corrected chi connectivity index (χ3v) is 12.7. The highest BCUT2D eigenvalue weighted by atomic mass is 14.5. The summed E-state index contributed by atoms with van der Waals surface area (Å²) in [6.07, 6.45) is 0. The van der Waals surface area contributed by atoms with Gasteiger partial charge < -0.3 is 0 Å². The molecule has 1 aliphatic rings. The summed E-state index contributed by atoms with van der Waals surface area (Å²) in [4.78, 5) is 0. The van der Waals surface area contributed by atoms with Crippen LogP contribution in [0.5, 0.6) is 0 Å².